The van der Waals surface area contributed by atoms with Crippen LogP contribution in [0.5, 0.6) is 5.75 Å². The lowest BCUT2D eigenvalue weighted by Crippen LogP contribution is -2.17. The standard InChI is InChI=1S/C16H18ClNO/c1-12(18-15-5-3-4-14(17)11-15)10-13-6-8-16(19-2)9-7-13/h3-9,11-12,18H,10H2,1-2H3. The van der Waals surface area contributed by atoms with E-state index in [-0.39, 0.29) is 0 Å². The van der Waals surface area contributed by atoms with E-state index in [0.29, 0.717) is 6.04 Å². The van der Waals surface area contributed by atoms with Crippen LogP contribution in [0.3, 0.4) is 0 Å². The van der Waals surface area contributed by atoms with E-state index >= 15 is 0 Å². The first-order valence-electron chi connectivity index (χ1n) is 6.32. The summed E-state index contributed by atoms with van der Waals surface area (Å²) < 4.78 is 5.15. The van der Waals surface area contributed by atoms with Crippen LogP contribution in [-0.2, 0) is 6.42 Å². The van der Waals surface area contributed by atoms with Gasteiger partial charge in [0.2, 0.25) is 0 Å². The summed E-state index contributed by atoms with van der Waals surface area (Å²) >= 11 is 5.97. The molecule has 0 bridgehead atoms. The van der Waals surface area contributed by atoms with Crippen molar-refractivity contribution in [2.45, 2.75) is 19.4 Å². The summed E-state index contributed by atoms with van der Waals surface area (Å²) in [5.74, 6) is 0.888. The molecule has 0 radical (unpaired) electrons. The topological polar surface area (TPSA) is 21.3 Å². The van der Waals surface area contributed by atoms with Crippen molar-refractivity contribution in [1.29, 1.82) is 0 Å². The molecule has 1 atom stereocenters. The first kappa shape index (κ1) is 13.8. The minimum absolute atomic E-state index is 0.340. The average molecular weight is 276 g/mol. The number of ether oxygens (including phenoxy) is 1. The fourth-order valence-electron chi connectivity index (χ4n) is 2.03. The molecule has 1 N–H and O–H groups in total. The first-order chi connectivity index (χ1) is 9.17. The van der Waals surface area contributed by atoms with Gasteiger partial charge < -0.3 is 10.1 Å². The zero-order valence-corrected chi connectivity index (χ0v) is 11.9. The summed E-state index contributed by atoms with van der Waals surface area (Å²) in [4.78, 5) is 0. The van der Waals surface area contributed by atoms with E-state index in [2.05, 4.69) is 24.4 Å². The Hall–Kier alpha value is -1.67. The Balaban J connectivity index is 1.95. The molecule has 0 heterocycles. The second-order valence-corrected chi connectivity index (χ2v) is 5.04. The zero-order valence-electron chi connectivity index (χ0n) is 11.2. The van der Waals surface area contributed by atoms with Crippen LogP contribution in [0.4, 0.5) is 5.69 Å². The van der Waals surface area contributed by atoms with Crippen LogP contribution in [0.25, 0.3) is 0 Å². The van der Waals surface area contributed by atoms with Gasteiger partial charge in [-0.1, -0.05) is 29.8 Å². The smallest absolute Gasteiger partial charge is 0.118 e. The molecule has 100 valence electrons. The number of methoxy groups -OCH3 is 1. The van der Waals surface area contributed by atoms with Gasteiger partial charge >= 0.3 is 0 Å². The lowest BCUT2D eigenvalue weighted by atomic mass is 10.1. The number of benzene rings is 2. The van der Waals surface area contributed by atoms with E-state index in [4.69, 9.17) is 16.3 Å². The number of hydrogen-bond donors (Lipinski definition) is 1. The summed E-state index contributed by atoms with van der Waals surface area (Å²) in [5.41, 5.74) is 2.33. The highest BCUT2D eigenvalue weighted by Gasteiger charge is 2.04. The highest BCUT2D eigenvalue weighted by atomic mass is 35.5. The van der Waals surface area contributed by atoms with Crippen LogP contribution in [-0.4, -0.2) is 13.2 Å². The molecule has 0 aromatic heterocycles. The van der Waals surface area contributed by atoms with Crippen molar-refractivity contribution in [2.75, 3.05) is 12.4 Å². The number of anilines is 1. The predicted molar refractivity (Wildman–Crippen MR) is 81.2 cm³/mol. The van der Waals surface area contributed by atoms with E-state index < -0.39 is 0 Å². The van der Waals surface area contributed by atoms with Gasteiger partial charge in [0.05, 0.1) is 7.11 Å². The predicted octanol–water partition coefficient (Wildman–Crippen LogP) is 4.39. The number of hydrogen-bond acceptors (Lipinski definition) is 2. The summed E-state index contributed by atoms with van der Waals surface area (Å²) in [6.45, 7) is 2.16. The quantitative estimate of drug-likeness (QED) is 0.874. The first-order valence-corrected chi connectivity index (χ1v) is 6.70. The fourth-order valence-corrected chi connectivity index (χ4v) is 2.22. The molecule has 2 nitrogen and oxygen atoms in total. The van der Waals surface area contributed by atoms with Gasteiger partial charge in [0, 0.05) is 16.8 Å². The Labute approximate surface area is 119 Å². The maximum Gasteiger partial charge on any atom is 0.118 e. The van der Waals surface area contributed by atoms with E-state index in [1.807, 2.05) is 36.4 Å². The minimum Gasteiger partial charge on any atom is -0.497 e. The van der Waals surface area contributed by atoms with Crippen molar-refractivity contribution < 1.29 is 4.74 Å². The van der Waals surface area contributed by atoms with Gasteiger partial charge in [0.25, 0.3) is 0 Å². The van der Waals surface area contributed by atoms with Gasteiger partial charge in [0.1, 0.15) is 5.75 Å². The van der Waals surface area contributed by atoms with Crippen LogP contribution in [0, 0.1) is 0 Å². The van der Waals surface area contributed by atoms with E-state index in [1.165, 1.54) is 5.56 Å². The lowest BCUT2D eigenvalue weighted by Gasteiger charge is -2.15. The molecule has 0 aliphatic rings. The molecule has 0 fully saturated rings. The maximum absolute atomic E-state index is 5.97. The van der Waals surface area contributed by atoms with Crippen LogP contribution in [0.2, 0.25) is 5.02 Å². The van der Waals surface area contributed by atoms with Crippen molar-refractivity contribution in [3.8, 4) is 5.75 Å². The normalized spacial score (nSPS) is 11.9. The molecule has 3 heteroatoms. The number of rotatable bonds is 5. The van der Waals surface area contributed by atoms with Gasteiger partial charge in [-0.05, 0) is 49.2 Å². The van der Waals surface area contributed by atoms with Gasteiger partial charge in [-0.3, -0.25) is 0 Å². The molecule has 0 aliphatic carbocycles. The maximum atomic E-state index is 5.97. The molecule has 2 rings (SSSR count). The Bertz CT molecular complexity index is 525. The molecule has 2 aromatic rings. The molecule has 0 saturated carbocycles. The third kappa shape index (κ3) is 4.18. The SMILES string of the molecule is COc1ccc(CC(C)Nc2cccc(Cl)c2)cc1. The van der Waals surface area contributed by atoms with Crippen molar-refractivity contribution in [3.63, 3.8) is 0 Å². The number of nitrogens with one attached hydrogen (secondary N) is 1. The Morgan fingerprint density at radius 2 is 1.89 bits per heavy atom. The third-order valence-corrected chi connectivity index (χ3v) is 3.17. The van der Waals surface area contributed by atoms with Crippen LogP contribution < -0.4 is 10.1 Å². The van der Waals surface area contributed by atoms with Crippen molar-refractivity contribution in [3.05, 3.63) is 59.1 Å². The van der Waals surface area contributed by atoms with Gasteiger partial charge in [-0.25, -0.2) is 0 Å². The second-order valence-electron chi connectivity index (χ2n) is 4.61. The molecule has 1 unspecified atom stereocenters. The Morgan fingerprint density at radius 1 is 1.16 bits per heavy atom. The summed E-state index contributed by atoms with van der Waals surface area (Å²) in [6, 6.07) is 16.3. The van der Waals surface area contributed by atoms with Gasteiger partial charge in [0.15, 0.2) is 0 Å². The minimum atomic E-state index is 0.340. The summed E-state index contributed by atoms with van der Waals surface area (Å²) in [7, 11) is 1.68. The van der Waals surface area contributed by atoms with Crippen molar-refractivity contribution in [2.24, 2.45) is 0 Å². The summed E-state index contributed by atoms with van der Waals surface area (Å²) in [5, 5.41) is 4.20. The van der Waals surface area contributed by atoms with Crippen molar-refractivity contribution in [1.82, 2.24) is 0 Å². The third-order valence-electron chi connectivity index (χ3n) is 2.94. The molecule has 2 aromatic carbocycles. The molecule has 0 spiro atoms. The summed E-state index contributed by atoms with van der Waals surface area (Å²) in [6.07, 6.45) is 0.955. The molecular weight excluding hydrogens is 258 g/mol. The average Bonchev–Trinajstić information content (AvgIpc) is 2.39. The molecule has 0 aliphatic heterocycles. The van der Waals surface area contributed by atoms with E-state index in [9.17, 15) is 0 Å². The zero-order chi connectivity index (χ0) is 13.7. The van der Waals surface area contributed by atoms with E-state index in [0.717, 1.165) is 22.9 Å². The Morgan fingerprint density at radius 3 is 2.53 bits per heavy atom. The van der Waals surface area contributed by atoms with Crippen LogP contribution >= 0.6 is 11.6 Å². The molecule has 19 heavy (non-hydrogen) atoms. The monoisotopic (exact) mass is 275 g/mol. The largest absolute Gasteiger partial charge is 0.497 e. The highest BCUT2D eigenvalue weighted by molar-refractivity contribution is 6.30. The van der Waals surface area contributed by atoms with Gasteiger partial charge in [-0.15, -0.1) is 0 Å². The van der Waals surface area contributed by atoms with Crippen LogP contribution in [0.15, 0.2) is 48.5 Å². The molecule has 0 amide bonds. The molecular formula is C16H18ClNO. The Kier molecular flexibility index (Phi) is 4.69. The fraction of sp³-hybridized carbons (Fsp3) is 0.250. The molecule has 0 saturated heterocycles. The number of halogens is 1. The second kappa shape index (κ2) is 6.48. The lowest BCUT2D eigenvalue weighted by molar-refractivity contribution is 0.414. The van der Waals surface area contributed by atoms with Crippen LogP contribution in [0.1, 0.15) is 12.5 Å². The van der Waals surface area contributed by atoms with E-state index in [1.54, 1.807) is 7.11 Å². The van der Waals surface area contributed by atoms with Gasteiger partial charge in [-0.2, -0.15) is 0 Å². The van der Waals surface area contributed by atoms with Crippen molar-refractivity contribution >= 4 is 17.3 Å². The highest BCUT2D eigenvalue weighted by Crippen LogP contribution is 2.17.